The van der Waals surface area contributed by atoms with Gasteiger partial charge in [-0.1, -0.05) is 18.9 Å². The molecule has 82 valence electrons. The number of aliphatic hydroxyl groups is 1. The lowest BCUT2D eigenvalue weighted by molar-refractivity contribution is 0.0300. The molecule has 1 atom stereocenters. The Morgan fingerprint density at radius 2 is 2.13 bits per heavy atom. The summed E-state index contributed by atoms with van der Waals surface area (Å²) in [6.45, 7) is 0.546. The van der Waals surface area contributed by atoms with Gasteiger partial charge in [0.25, 0.3) is 0 Å². The van der Waals surface area contributed by atoms with Crippen LogP contribution >= 0.6 is 0 Å². The van der Waals surface area contributed by atoms with Crippen LogP contribution in [0.5, 0.6) is 0 Å². The molecule has 3 heteroatoms. The standard InChI is InChI=1S/C12H18N2O/c13-9-12(6-2-3-7-12)11(15)10-5-1-4-8-14-10/h1,4-5,8,11,15H,2-3,6-7,9,13H2. The smallest absolute Gasteiger partial charge is 0.103 e. The molecule has 0 amide bonds. The van der Waals surface area contributed by atoms with Gasteiger partial charge in [0.15, 0.2) is 0 Å². The van der Waals surface area contributed by atoms with Gasteiger partial charge in [-0.05, 0) is 25.0 Å². The van der Waals surface area contributed by atoms with Gasteiger partial charge >= 0.3 is 0 Å². The van der Waals surface area contributed by atoms with Gasteiger partial charge in [-0.2, -0.15) is 0 Å². The van der Waals surface area contributed by atoms with E-state index in [9.17, 15) is 5.11 Å². The highest BCUT2D eigenvalue weighted by atomic mass is 16.3. The summed E-state index contributed by atoms with van der Waals surface area (Å²) in [5, 5.41) is 10.3. The first-order chi connectivity index (χ1) is 7.28. The maximum atomic E-state index is 10.3. The molecule has 1 aromatic rings. The molecule has 1 aliphatic carbocycles. The molecule has 1 unspecified atom stereocenters. The molecule has 3 nitrogen and oxygen atoms in total. The molecule has 0 aromatic carbocycles. The molecule has 1 heterocycles. The minimum absolute atomic E-state index is 0.131. The average Bonchev–Trinajstić information content (AvgIpc) is 2.79. The van der Waals surface area contributed by atoms with Crippen molar-refractivity contribution >= 4 is 0 Å². The Balaban J connectivity index is 2.22. The van der Waals surface area contributed by atoms with Crippen LogP contribution in [-0.4, -0.2) is 16.6 Å². The Hall–Kier alpha value is -0.930. The van der Waals surface area contributed by atoms with Gasteiger partial charge in [-0.25, -0.2) is 0 Å². The van der Waals surface area contributed by atoms with Crippen LogP contribution < -0.4 is 5.73 Å². The summed E-state index contributed by atoms with van der Waals surface area (Å²) < 4.78 is 0. The van der Waals surface area contributed by atoms with Crippen molar-refractivity contribution in [2.75, 3.05) is 6.54 Å². The number of aliphatic hydroxyl groups excluding tert-OH is 1. The number of pyridine rings is 1. The fourth-order valence-corrected chi connectivity index (χ4v) is 2.52. The molecule has 0 spiro atoms. The molecule has 2 rings (SSSR count). The Labute approximate surface area is 90.3 Å². The zero-order valence-corrected chi connectivity index (χ0v) is 8.89. The lowest BCUT2D eigenvalue weighted by atomic mass is 9.79. The number of nitrogens with two attached hydrogens (primary N) is 1. The molecule has 3 N–H and O–H groups in total. The normalized spacial score (nSPS) is 21.5. The monoisotopic (exact) mass is 206 g/mol. The molecule has 1 saturated carbocycles. The summed E-state index contributed by atoms with van der Waals surface area (Å²) in [4.78, 5) is 4.21. The number of hydrogen-bond donors (Lipinski definition) is 2. The van der Waals surface area contributed by atoms with E-state index in [1.165, 1.54) is 12.8 Å². The fraction of sp³-hybridized carbons (Fsp3) is 0.583. The molecule has 1 aliphatic rings. The quantitative estimate of drug-likeness (QED) is 0.790. The number of hydrogen-bond acceptors (Lipinski definition) is 3. The van der Waals surface area contributed by atoms with E-state index in [2.05, 4.69) is 4.98 Å². The number of rotatable bonds is 3. The minimum atomic E-state index is -0.508. The molecule has 1 aromatic heterocycles. The summed E-state index contributed by atoms with van der Waals surface area (Å²) >= 11 is 0. The third-order valence-corrected chi connectivity index (χ3v) is 3.55. The lowest BCUT2D eigenvalue weighted by Gasteiger charge is -2.32. The predicted molar refractivity (Wildman–Crippen MR) is 59.2 cm³/mol. The van der Waals surface area contributed by atoms with Crippen LogP contribution in [0.25, 0.3) is 0 Å². The van der Waals surface area contributed by atoms with E-state index in [1.807, 2.05) is 18.2 Å². The van der Waals surface area contributed by atoms with Crippen LogP contribution in [0, 0.1) is 5.41 Å². The molecule has 0 radical (unpaired) electrons. The molecular formula is C12H18N2O. The van der Waals surface area contributed by atoms with E-state index in [4.69, 9.17) is 5.73 Å². The zero-order chi connectivity index (χ0) is 10.7. The second kappa shape index (κ2) is 4.29. The van der Waals surface area contributed by atoms with Gasteiger partial charge in [-0.15, -0.1) is 0 Å². The van der Waals surface area contributed by atoms with Crippen LogP contribution in [0.3, 0.4) is 0 Å². The highest BCUT2D eigenvalue weighted by Crippen LogP contribution is 2.46. The molecule has 1 fully saturated rings. The SMILES string of the molecule is NCC1(C(O)c2ccccn2)CCCC1. The van der Waals surface area contributed by atoms with Crippen molar-refractivity contribution in [1.29, 1.82) is 0 Å². The van der Waals surface area contributed by atoms with Crippen molar-refractivity contribution in [2.45, 2.75) is 31.8 Å². The Kier molecular flexibility index (Phi) is 3.03. The first-order valence-electron chi connectivity index (χ1n) is 5.57. The minimum Gasteiger partial charge on any atom is -0.386 e. The zero-order valence-electron chi connectivity index (χ0n) is 8.89. The van der Waals surface area contributed by atoms with E-state index >= 15 is 0 Å². The summed E-state index contributed by atoms with van der Waals surface area (Å²) in [6.07, 6.45) is 5.58. The van der Waals surface area contributed by atoms with Crippen LogP contribution in [0.1, 0.15) is 37.5 Å². The highest BCUT2D eigenvalue weighted by molar-refractivity contribution is 5.11. The Morgan fingerprint density at radius 1 is 1.40 bits per heavy atom. The molecule has 15 heavy (non-hydrogen) atoms. The van der Waals surface area contributed by atoms with Crippen molar-refractivity contribution in [1.82, 2.24) is 4.98 Å². The predicted octanol–water partition coefficient (Wildman–Crippen LogP) is 1.63. The molecule has 0 saturated heterocycles. The van der Waals surface area contributed by atoms with Crippen molar-refractivity contribution < 1.29 is 5.11 Å². The maximum Gasteiger partial charge on any atom is 0.103 e. The summed E-state index contributed by atoms with van der Waals surface area (Å²) in [5.74, 6) is 0. The van der Waals surface area contributed by atoms with Crippen molar-refractivity contribution in [3.05, 3.63) is 30.1 Å². The van der Waals surface area contributed by atoms with Gasteiger partial charge in [0.05, 0.1) is 5.69 Å². The molecule has 0 aliphatic heterocycles. The van der Waals surface area contributed by atoms with E-state index in [0.29, 0.717) is 6.54 Å². The summed E-state index contributed by atoms with van der Waals surface area (Å²) in [7, 11) is 0. The maximum absolute atomic E-state index is 10.3. The lowest BCUT2D eigenvalue weighted by Crippen LogP contribution is -2.34. The summed E-state index contributed by atoms with van der Waals surface area (Å²) in [5.41, 5.74) is 6.44. The van der Waals surface area contributed by atoms with E-state index < -0.39 is 6.10 Å². The third kappa shape index (κ3) is 1.90. The van der Waals surface area contributed by atoms with E-state index in [-0.39, 0.29) is 5.41 Å². The Morgan fingerprint density at radius 3 is 2.67 bits per heavy atom. The Bertz CT molecular complexity index is 307. The topological polar surface area (TPSA) is 59.1 Å². The van der Waals surface area contributed by atoms with Crippen molar-refractivity contribution in [3.8, 4) is 0 Å². The average molecular weight is 206 g/mol. The van der Waals surface area contributed by atoms with Gasteiger partial charge in [0.2, 0.25) is 0 Å². The molecule has 0 bridgehead atoms. The number of nitrogens with zero attached hydrogens (tertiary/aromatic N) is 1. The first-order valence-corrected chi connectivity index (χ1v) is 5.57. The van der Waals surface area contributed by atoms with Gasteiger partial charge in [0.1, 0.15) is 6.10 Å². The molecular weight excluding hydrogens is 188 g/mol. The van der Waals surface area contributed by atoms with Gasteiger partial charge in [0, 0.05) is 18.2 Å². The third-order valence-electron chi connectivity index (χ3n) is 3.55. The second-order valence-electron chi connectivity index (χ2n) is 4.43. The van der Waals surface area contributed by atoms with Gasteiger partial charge in [-0.3, -0.25) is 4.98 Å². The van der Waals surface area contributed by atoms with Crippen LogP contribution in [-0.2, 0) is 0 Å². The van der Waals surface area contributed by atoms with Crippen LogP contribution in [0.4, 0.5) is 0 Å². The van der Waals surface area contributed by atoms with Crippen molar-refractivity contribution in [3.63, 3.8) is 0 Å². The first kappa shape index (κ1) is 10.6. The summed E-state index contributed by atoms with van der Waals surface area (Å²) in [6, 6.07) is 5.64. The van der Waals surface area contributed by atoms with Crippen LogP contribution in [0.15, 0.2) is 24.4 Å². The van der Waals surface area contributed by atoms with Gasteiger partial charge < -0.3 is 10.8 Å². The number of aromatic nitrogens is 1. The van der Waals surface area contributed by atoms with E-state index in [1.54, 1.807) is 6.20 Å². The van der Waals surface area contributed by atoms with E-state index in [0.717, 1.165) is 18.5 Å². The second-order valence-corrected chi connectivity index (χ2v) is 4.43. The highest BCUT2D eigenvalue weighted by Gasteiger charge is 2.40. The van der Waals surface area contributed by atoms with Crippen molar-refractivity contribution in [2.24, 2.45) is 11.1 Å². The fourth-order valence-electron chi connectivity index (χ4n) is 2.52. The largest absolute Gasteiger partial charge is 0.386 e. The van der Waals surface area contributed by atoms with Crippen LogP contribution in [0.2, 0.25) is 0 Å².